The number of aliphatic hydroxyl groups excluding tert-OH is 2. The van der Waals surface area contributed by atoms with Gasteiger partial charge in [0.25, 0.3) is 0 Å². The molecule has 0 unspecified atom stereocenters. The number of benzene rings is 6. The Morgan fingerprint density at radius 2 is 0.872 bits per heavy atom. The molecular formula is C66H70N8O12. The number of carbonyl (C=O) groups is 4. The molecule has 446 valence electrons. The number of carboxylic acid groups (broad SMARTS) is 2. The monoisotopic (exact) mass is 1170 g/mol. The highest BCUT2D eigenvalue weighted by atomic mass is 16.5. The van der Waals surface area contributed by atoms with Gasteiger partial charge in [-0.15, -0.1) is 0 Å². The number of hydrogen-bond acceptors (Lipinski definition) is 14. The van der Waals surface area contributed by atoms with E-state index in [0.717, 1.165) is 79.1 Å². The van der Waals surface area contributed by atoms with Gasteiger partial charge in [0.15, 0.2) is 0 Å². The van der Waals surface area contributed by atoms with Crippen molar-refractivity contribution in [1.82, 2.24) is 30.6 Å². The van der Waals surface area contributed by atoms with Crippen molar-refractivity contribution < 1.29 is 58.6 Å². The highest BCUT2D eigenvalue weighted by Gasteiger charge is 2.22. The number of H-pyrrole nitrogens is 2. The Labute approximate surface area is 496 Å². The van der Waals surface area contributed by atoms with Crippen LogP contribution in [0.5, 0.6) is 34.8 Å². The van der Waals surface area contributed by atoms with E-state index < -0.39 is 36.0 Å². The third kappa shape index (κ3) is 17.8. The van der Waals surface area contributed by atoms with Crippen molar-refractivity contribution in [3.63, 3.8) is 0 Å². The molecule has 20 heteroatoms. The topological polar surface area (TPSA) is 320 Å². The fraction of sp³-hybridized carbons (Fsp3) is 0.242. The Morgan fingerprint density at radius 1 is 0.500 bits per heavy atom. The molecule has 0 aliphatic heterocycles. The molecule has 0 bridgehead atoms. The lowest BCUT2D eigenvalue weighted by molar-refractivity contribution is -0.143. The van der Waals surface area contributed by atoms with Gasteiger partial charge in [-0.05, 0) is 124 Å². The predicted molar refractivity (Wildman–Crippen MR) is 329 cm³/mol. The summed E-state index contributed by atoms with van der Waals surface area (Å²) in [6, 6.07) is 50.0. The van der Waals surface area contributed by atoms with Gasteiger partial charge in [0.05, 0.1) is 35.0 Å². The molecule has 0 radical (unpaired) electrons. The largest absolute Gasteiger partial charge is 0.490 e. The molecule has 0 aliphatic carbocycles. The highest BCUT2D eigenvalue weighted by molar-refractivity contribution is 6.11. The first kappa shape index (κ1) is 62.2. The molecule has 4 aromatic heterocycles. The summed E-state index contributed by atoms with van der Waals surface area (Å²) >= 11 is 0. The first-order chi connectivity index (χ1) is 41.2. The number of aliphatic hydroxyl groups is 2. The number of β-amino-alcohol motifs (C(OH)–C–C–N with tert-alkyl or cyclic N) is 2. The van der Waals surface area contributed by atoms with Crippen LogP contribution in [0.3, 0.4) is 0 Å². The van der Waals surface area contributed by atoms with Crippen LogP contribution in [0.2, 0.25) is 0 Å². The van der Waals surface area contributed by atoms with Gasteiger partial charge in [-0.2, -0.15) is 0 Å². The van der Waals surface area contributed by atoms with Gasteiger partial charge < -0.3 is 71.4 Å². The Hall–Kier alpha value is -9.86. The number of primary amides is 2. The number of carbonyl (C=O) groups excluding carboxylic acids is 2. The lowest BCUT2D eigenvalue weighted by atomic mass is 9.94. The summed E-state index contributed by atoms with van der Waals surface area (Å²) in [5.74, 6) is 0.339. The second kappa shape index (κ2) is 28.6. The number of fused-ring (bicyclic) bond motifs is 6. The van der Waals surface area contributed by atoms with Crippen molar-refractivity contribution in [3.05, 3.63) is 192 Å². The predicted octanol–water partition coefficient (Wildman–Crippen LogP) is 9.85. The van der Waals surface area contributed by atoms with E-state index in [1.807, 2.05) is 121 Å². The SMILES string of the molecule is CC(C)(Cc1ccc(Oc2ccc(C(N)=O)cn2)cc1)NC[C@H](O)COc1cccc2[nH]c3ccccc3c12.CC(C)(Cc1ccc(Oc2ccc(C(N)=O)cn2)cc1)NC[C@H](O)COc1cccc2[nH]c3ccccc3c12.O=C(O)CCC(=O)O. The maximum atomic E-state index is 11.2. The number of amides is 2. The fourth-order valence-electron chi connectivity index (χ4n) is 9.38. The number of aromatic nitrogens is 4. The Balaban J connectivity index is 0.000000198. The number of aliphatic carboxylic acids is 2. The van der Waals surface area contributed by atoms with E-state index in [2.05, 4.69) is 70.4 Å². The molecule has 0 fully saturated rings. The molecule has 6 aromatic carbocycles. The number of para-hydroxylation sites is 2. The van der Waals surface area contributed by atoms with Crippen LogP contribution in [0.15, 0.2) is 170 Å². The smallest absolute Gasteiger partial charge is 0.303 e. The Kier molecular flexibility index (Phi) is 20.7. The fourth-order valence-corrected chi connectivity index (χ4v) is 9.38. The van der Waals surface area contributed by atoms with Crippen molar-refractivity contribution in [1.29, 1.82) is 0 Å². The number of aromatic amines is 2. The number of pyridine rings is 2. The summed E-state index contributed by atoms with van der Waals surface area (Å²) in [5, 5.41) is 48.3. The molecule has 86 heavy (non-hydrogen) atoms. The van der Waals surface area contributed by atoms with Crippen molar-refractivity contribution in [2.24, 2.45) is 11.5 Å². The minimum absolute atomic E-state index is 0.183. The molecule has 10 rings (SSSR count). The quantitative estimate of drug-likeness (QED) is 0.0254. The van der Waals surface area contributed by atoms with Gasteiger partial charge in [-0.3, -0.25) is 19.2 Å². The van der Waals surface area contributed by atoms with Gasteiger partial charge in [0.2, 0.25) is 23.6 Å². The lowest BCUT2D eigenvalue weighted by Crippen LogP contribution is -2.46. The Morgan fingerprint density at radius 3 is 1.22 bits per heavy atom. The normalized spacial score (nSPS) is 12.1. The molecule has 4 heterocycles. The average molecular weight is 1170 g/mol. The standard InChI is InChI=1S/2C31H32N4O4.C4H6O4/c2*1-31(2,16-20-10-13-23(14-11-20)39-28-15-12-21(17-33-28)30(32)37)34-18-22(36)19-38-27-9-5-8-26-29(27)24-6-3-4-7-25(24)35-26;5-3(6)1-2-4(7)8/h2*3-15,17,22,34-36H,16,18-19H2,1-2H3,(H2,32,37);1-2H2,(H,5,6)(H,7,8)/t2*22-;/m00./s1. The average Bonchev–Trinajstić information content (AvgIpc) is 2.83. The first-order valence-electron chi connectivity index (χ1n) is 27.8. The molecule has 20 nitrogen and oxygen atoms in total. The lowest BCUT2D eigenvalue weighted by Gasteiger charge is -2.28. The van der Waals surface area contributed by atoms with Crippen molar-refractivity contribution >= 4 is 67.4 Å². The zero-order chi connectivity index (χ0) is 61.4. The molecule has 0 spiro atoms. The summed E-state index contributed by atoms with van der Waals surface area (Å²) in [6.07, 6.45) is 2.35. The van der Waals surface area contributed by atoms with Crippen LogP contribution < -0.4 is 41.0 Å². The summed E-state index contributed by atoms with van der Waals surface area (Å²) in [6.45, 7) is 9.55. The number of carboxylic acids is 2. The third-order valence-corrected chi connectivity index (χ3v) is 13.7. The van der Waals surface area contributed by atoms with E-state index in [0.29, 0.717) is 47.5 Å². The first-order valence-corrected chi connectivity index (χ1v) is 27.8. The second-order valence-electron chi connectivity index (χ2n) is 21.8. The van der Waals surface area contributed by atoms with E-state index >= 15 is 0 Å². The van der Waals surface area contributed by atoms with Crippen molar-refractivity contribution in [2.75, 3.05) is 26.3 Å². The number of hydrogen-bond donors (Lipinski definition) is 10. The van der Waals surface area contributed by atoms with Crippen LogP contribution in [0.25, 0.3) is 43.6 Å². The van der Waals surface area contributed by atoms with Crippen molar-refractivity contribution in [3.8, 4) is 34.8 Å². The van der Waals surface area contributed by atoms with Crippen LogP contribution in [0.1, 0.15) is 72.4 Å². The van der Waals surface area contributed by atoms with Gasteiger partial charge in [-0.25, -0.2) is 9.97 Å². The van der Waals surface area contributed by atoms with Crippen LogP contribution >= 0.6 is 0 Å². The van der Waals surface area contributed by atoms with Gasteiger partial charge >= 0.3 is 11.9 Å². The third-order valence-electron chi connectivity index (χ3n) is 13.7. The molecule has 0 saturated heterocycles. The van der Waals surface area contributed by atoms with Gasteiger partial charge in [0, 0.05) is 81.3 Å². The Bertz CT molecular complexity index is 3650. The number of nitrogens with two attached hydrogens (primary N) is 2. The van der Waals surface area contributed by atoms with E-state index in [-0.39, 0.29) is 37.1 Å². The molecule has 2 amide bonds. The number of ether oxygens (including phenoxy) is 4. The van der Waals surface area contributed by atoms with Crippen LogP contribution in [-0.4, -0.2) is 114 Å². The number of nitrogens with zero attached hydrogens (tertiary/aromatic N) is 2. The molecular weight excluding hydrogens is 1100 g/mol. The zero-order valence-electron chi connectivity index (χ0n) is 48.1. The van der Waals surface area contributed by atoms with E-state index in [1.165, 1.54) is 12.4 Å². The molecule has 0 saturated carbocycles. The van der Waals surface area contributed by atoms with Gasteiger partial charge in [0.1, 0.15) is 48.4 Å². The minimum Gasteiger partial charge on any atom is -0.490 e. The molecule has 2 atom stereocenters. The van der Waals surface area contributed by atoms with Crippen LogP contribution in [-0.2, 0) is 22.4 Å². The minimum atomic E-state index is -1.08. The molecule has 10 aromatic rings. The zero-order valence-corrected chi connectivity index (χ0v) is 48.1. The summed E-state index contributed by atoms with van der Waals surface area (Å²) in [5.41, 5.74) is 17.0. The van der Waals surface area contributed by atoms with Gasteiger partial charge in [-0.1, -0.05) is 72.8 Å². The maximum Gasteiger partial charge on any atom is 0.303 e. The molecule has 12 N–H and O–H groups in total. The number of rotatable bonds is 25. The van der Waals surface area contributed by atoms with E-state index in [9.17, 15) is 29.4 Å². The van der Waals surface area contributed by atoms with Crippen LogP contribution in [0.4, 0.5) is 0 Å². The number of nitrogens with one attached hydrogen (secondary N) is 4. The summed E-state index contributed by atoms with van der Waals surface area (Å²) in [4.78, 5) is 56.7. The summed E-state index contributed by atoms with van der Waals surface area (Å²) < 4.78 is 23.6. The maximum absolute atomic E-state index is 11.2. The van der Waals surface area contributed by atoms with E-state index in [1.54, 1.807) is 24.3 Å². The van der Waals surface area contributed by atoms with E-state index in [4.69, 9.17) is 40.6 Å². The van der Waals surface area contributed by atoms with Crippen molar-refractivity contribution in [2.45, 2.75) is 76.7 Å². The molecule has 0 aliphatic rings. The second-order valence-corrected chi connectivity index (χ2v) is 21.8. The summed E-state index contributed by atoms with van der Waals surface area (Å²) in [7, 11) is 0. The highest BCUT2D eigenvalue weighted by Crippen LogP contribution is 2.35. The van der Waals surface area contributed by atoms with Crippen LogP contribution in [0, 0.1) is 0 Å².